The predicted molar refractivity (Wildman–Crippen MR) is 75.8 cm³/mol. The number of hydrogen-bond acceptors (Lipinski definition) is 2. The molecule has 0 aliphatic carbocycles. The van der Waals surface area contributed by atoms with E-state index in [1.807, 2.05) is 12.1 Å². The normalized spacial score (nSPS) is 14.6. The summed E-state index contributed by atoms with van der Waals surface area (Å²) in [6, 6.07) is 8.12. The van der Waals surface area contributed by atoms with Gasteiger partial charge in [0.1, 0.15) is 5.60 Å². The molecule has 0 N–H and O–H groups in total. The molecule has 2 heteroatoms. The Labute approximate surface area is 111 Å². The van der Waals surface area contributed by atoms with Gasteiger partial charge in [-0.25, -0.2) is 0 Å². The fourth-order valence-corrected chi connectivity index (χ4v) is 1.86. The minimum Gasteiger partial charge on any atom is -0.337 e. The van der Waals surface area contributed by atoms with E-state index in [4.69, 9.17) is 9.78 Å². The van der Waals surface area contributed by atoms with Crippen LogP contribution in [0.1, 0.15) is 65.4 Å². The fourth-order valence-electron chi connectivity index (χ4n) is 1.86. The molecule has 2 nitrogen and oxygen atoms in total. The molecule has 1 aromatic carbocycles. The first-order chi connectivity index (χ1) is 8.50. The summed E-state index contributed by atoms with van der Waals surface area (Å²) in [7, 11) is 0. The van der Waals surface area contributed by atoms with E-state index < -0.39 is 0 Å². The average Bonchev–Trinajstić information content (AvgIpc) is 2.37. The lowest BCUT2D eigenvalue weighted by atomic mass is 9.98. The second kappa shape index (κ2) is 6.79. The molecule has 0 radical (unpaired) electrons. The molecule has 1 rings (SSSR count). The smallest absolute Gasteiger partial charge is 0.165 e. The monoisotopic (exact) mass is 250 g/mol. The van der Waals surface area contributed by atoms with E-state index in [2.05, 4.69) is 46.8 Å². The summed E-state index contributed by atoms with van der Waals surface area (Å²) in [5.74, 6) is 1.32. The van der Waals surface area contributed by atoms with Crippen molar-refractivity contribution in [1.29, 1.82) is 0 Å². The van der Waals surface area contributed by atoms with Crippen LogP contribution < -0.4 is 4.89 Å². The van der Waals surface area contributed by atoms with Crippen molar-refractivity contribution in [3.8, 4) is 5.75 Å². The number of rotatable bonds is 7. The third kappa shape index (κ3) is 4.34. The van der Waals surface area contributed by atoms with Gasteiger partial charge in [-0.05, 0) is 43.4 Å². The van der Waals surface area contributed by atoms with Crippen LogP contribution in [0.15, 0.2) is 24.3 Å². The Bertz CT molecular complexity index is 343. The standard InChI is InChI=1S/C16H26O2/c1-6-12-16(5,7-2)18-17-15-10-8-14(9-11-15)13(3)4/h8-11,13H,6-7,12H2,1-5H3. The van der Waals surface area contributed by atoms with Gasteiger partial charge >= 0.3 is 0 Å². The number of benzene rings is 1. The van der Waals surface area contributed by atoms with Gasteiger partial charge in [-0.1, -0.05) is 46.2 Å². The molecule has 1 aromatic rings. The molecular weight excluding hydrogens is 224 g/mol. The van der Waals surface area contributed by atoms with Crippen LogP contribution in [0.4, 0.5) is 0 Å². The van der Waals surface area contributed by atoms with Crippen molar-refractivity contribution in [1.82, 2.24) is 0 Å². The molecule has 1 unspecified atom stereocenters. The van der Waals surface area contributed by atoms with Gasteiger partial charge in [-0.2, -0.15) is 4.89 Å². The Balaban J connectivity index is 2.57. The molecule has 0 fully saturated rings. The van der Waals surface area contributed by atoms with E-state index >= 15 is 0 Å². The maximum absolute atomic E-state index is 5.61. The Kier molecular flexibility index (Phi) is 5.67. The third-order valence-corrected chi connectivity index (χ3v) is 3.41. The molecule has 0 bridgehead atoms. The van der Waals surface area contributed by atoms with Gasteiger partial charge in [0.15, 0.2) is 5.75 Å². The first-order valence-corrected chi connectivity index (χ1v) is 6.96. The van der Waals surface area contributed by atoms with Crippen LogP contribution in [0.5, 0.6) is 5.75 Å². The van der Waals surface area contributed by atoms with E-state index in [0.717, 1.165) is 25.0 Å². The molecular formula is C16H26O2. The third-order valence-electron chi connectivity index (χ3n) is 3.41. The number of hydrogen-bond donors (Lipinski definition) is 0. The van der Waals surface area contributed by atoms with Gasteiger partial charge < -0.3 is 4.89 Å². The minimum absolute atomic E-state index is 0.189. The largest absolute Gasteiger partial charge is 0.337 e. The van der Waals surface area contributed by atoms with Crippen LogP contribution in [-0.2, 0) is 4.89 Å². The van der Waals surface area contributed by atoms with Crippen molar-refractivity contribution in [2.45, 2.75) is 65.4 Å². The van der Waals surface area contributed by atoms with Crippen LogP contribution in [0.25, 0.3) is 0 Å². The van der Waals surface area contributed by atoms with E-state index in [9.17, 15) is 0 Å². The van der Waals surface area contributed by atoms with Gasteiger partial charge in [0, 0.05) is 0 Å². The summed E-state index contributed by atoms with van der Waals surface area (Å²) in [5.41, 5.74) is 1.13. The topological polar surface area (TPSA) is 18.5 Å². The molecule has 0 aliphatic rings. The molecule has 0 spiro atoms. The average molecular weight is 250 g/mol. The summed E-state index contributed by atoms with van der Waals surface area (Å²) in [6.07, 6.45) is 3.05. The van der Waals surface area contributed by atoms with E-state index in [-0.39, 0.29) is 5.60 Å². The molecule has 0 saturated heterocycles. The Morgan fingerprint density at radius 1 is 1.11 bits per heavy atom. The fraction of sp³-hybridized carbons (Fsp3) is 0.625. The first-order valence-electron chi connectivity index (χ1n) is 6.96. The Hall–Kier alpha value is -1.02. The Morgan fingerprint density at radius 2 is 1.72 bits per heavy atom. The maximum atomic E-state index is 5.61. The van der Waals surface area contributed by atoms with Crippen LogP contribution in [0.3, 0.4) is 0 Å². The van der Waals surface area contributed by atoms with Crippen molar-refractivity contribution in [2.24, 2.45) is 0 Å². The highest BCUT2D eigenvalue weighted by atomic mass is 17.2. The lowest BCUT2D eigenvalue weighted by Crippen LogP contribution is -2.29. The molecule has 0 heterocycles. The lowest BCUT2D eigenvalue weighted by Gasteiger charge is -2.26. The lowest BCUT2D eigenvalue weighted by molar-refractivity contribution is -0.289. The molecule has 0 amide bonds. The van der Waals surface area contributed by atoms with Crippen molar-refractivity contribution < 1.29 is 9.78 Å². The van der Waals surface area contributed by atoms with Crippen LogP contribution in [-0.4, -0.2) is 5.60 Å². The van der Waals surface area contributed by atoms with E-state index in [1.54, 1.807) is 0 Å². The van der Waals surface area contributed by atoms with Gasteiger partial charge in [0.2, 0.25) is 0 Å². The summed E-state index contributed by atoms with van der Waals surface area (Å²) in [5, 5.41) is 0. The van der Waals surface area contributed by atoms with Crippen molar-refractivity contribution in [3.63, 3.8) is 0 Å². The zero-order valence-electron chi connectivity index (χ0n) is 12.3. The molecule has 102 valence electrons. The molecule has 0 saturated carbocycles. The quantitative estimate of drug-likeness (QED) is 0.495. The van der Waals surface area contributed by atoms with Crippen LogP contribution >= 0.6 is 0 Å². The van der Waals surface area contributed by atoms with Gasteiger partial charge in [-0.3, -0.25) is 0 Å². The highest BCUT2D eigenvalue weighted by Gasteiger charge is 2.24. The SMILES string of the molecule is CCCC(C)(CC)OOc1ccc(C(C)C)cc1. The maximum Gasteiger partial charge on any atom is 0.165 e. The zero-order chi connectivity index (χ0) is 13.6. The molecule has 0 aromatic heterocycles. The van der Waals surface area contributed by atoms with Gasteiger partial charge in [-0.15, -0.1) is 0 Å². The first kappa shape index (κ1) is 15.0. The molecule has 18 heavy (non-hydrogen) atoms. The second-order valence-corrected chi connectivity index (χ2v) is 5.44. The highest BCUT2D eigenvalue weighted by molar-refractivity contribution is 5.28. The Morgan fingerprint density at radius 3 is 2.17 bits per heavy atom. The van der Waals surface area contributed by atoms with Crippen molar-refractivity contribution in [3.05, 3.63) is 29.8 Å². The van der Waals surface area contributed by atoms with E-state index in [0.29, 0.717) is 5.92 Å². The van der Waals surface area contributed by atoms with Crippen molar-refractivity contribution >= 4 is 0 Å². The second-order valence-electron chi connectivity index (χ2n) is 5.44. The summed E-state index contributed by atoms with van der Waals surface area (Å²) in [6.45, 7) is 10.7. The molecule has 0 aliphatic heterocycles. The van der Waals surface area contributed by atoms with Gasteiger partial charge in [0.25, 0.3) is 0 Å². The minimum atomic E-state index is -0.189. The molecule has 1 atom stereocenters. The predicted octanol–water partition coefficient (Wildman–Crippen LogP) is 5.09. The van der Waals surface area contributed by atoms with E-state index in [1.165, 1.54) is 5.56 Å². The van der Waals surface area contributed by atoms with Crippen LogP contribution in [0.2, 0.25) is 0 Å². The van der Waals surface area contributed by atoms with Crippen LogP contribution in [0, 0.1) is 0 Å². The highest BCUT2D eigenvalue weighted by Crippen LogP contribution is 2.24. The summed E-state index contributed by atoms with van der Waals surface area (Å²) < 4.78 is 0. The van der Waals surface area contributed by atoms with Gasteiger partial charge in [0.05, 0.1) is 0 Å². The zero-order valence-corrected chi connectivity index (χ0v) is 12.3. The summed E-state index contributed by atoms with van der Waals surface area (Å²) >= 11 is 0. The van der Waals surface area contributed by atoms with Crippen molar-refractivity contribution in [2.75, 3.05) is 0 Å². The summed E-state index contributed by atoms with van der Waals surface area (Å²) in [4.78, 5) is 11.1.